The molecule has 2 N–H and O–H groups in total. The van der Waals surface area contributed by atoms with Gasteiger partial charge in [0.2, 0.25) is 0 Å². The highest BCUT2D eigenvalue weighted by atomic mass is 15.3. The lowest BCUT2D eigenvalue weighted by Gasteiger charge is -2.22. The van der Waals surface area contributed by atoms with Gasteiger partial charge in [-0.15, -0.1) is 0 Å². The molecule has 0 aliphatic heterocycles. The summed E-state index contributed by atoms with van der Waals surface area (Å²) in [5, 5.41) is 4.66. The van der Waals surface area contributed by atoms with Gasteiger partial charge < -0.3 is 5.73 Å². The predicted molar refractivity (Wildman–Crippen MR) is 67.4 cm³/mol. The number of hydrogen-bond acceptors (Lipinski definition) is 2. The smallest absolute Gasteiger partial charge is 0.122 e. The molecular formula is C13H23N3. The van der Waals surface area contributed by atoms with Crippen LogP contribution in [0.2, 0.25) is 0 Å². The Morgan fingerprint density at radius 2 is 2.12 bits per heavy atom. The molecule has 0 radical (unpaired) electrons. The Kier molecular flexibility index (Phi) is 3.86. The molecule has 3 heteroatoms. The molecule has 0 atom stereocenters. The quantitative estimate of drug-likeness (QED) is 0.847. The van der Waals surface area contributed by atoms with Gasteiger partial charge in [0.15, 0.2) is 0 Å². The van der Waals surface area contributed by atoms with E-state index in [0.717, 1.165) is 12.2 Å². The lowest BCUT2D eigenvalue weighted by molar-refractivity contribution is 0.331. The van der Waals surface area contributed by atoms with Crippen LogP contribution in [0.4, 0.5) is 5.82 Å². The fourth-order valence-electron chi connectivity index (χ4n) is 2.56. The van der Waals surface area contributed by atoms with Crippen LogP contribution in [0.15, 0.2) is 6.07 Å². The first kappa shape index (κ1) is 11.5. The average molecular weight is 221 g/mol. The van der Waals surface area contributed by atoms with Crippen LogP contribution in [-0.2, 0) is 6.42 Å². The second-order valence-corrected chi connectivity index (χ2v) is 4.90. The maximum atomic E-state index is 6.04. The van der Waals surface area contributed by atoms with Crippen LogP contribution < -0.4 is 5.73 Å². The summed E-state index contributed by atoms with van der Waals surface area (Å²) in [5.74, 6) is 0.859. The lowest BCUT2D eigenvalue weighted by atomic mass is 9.96. The van der Waals surface area contributed by atoms with E-state index >= 15 is 0 Å². The van der Waals surface area contributed by atoms with Crippen LogP contribution in [0, 0.1) is 0 Å². The number of unbranched alkanes of at least 4 members (excludes halogenated alkanes) is 1. The maximum Gasteiger partial charge on any atom is 0.122 e. The summed E-state index contributed by atoms with van der Waals surface area (Å²) in [6, 6.07) is 2.62. The zero-order chi connectivity index (χ0) is 11.4. The molecule has 1 aliphatic carbocycles. The summed E-state index contributed by atoms with van der Waals surface area (Å²) >= 11 is 0. The van der Waals surface area contributed by atoms with Gasteiger partial charge in [-0.05, 0) is 25.7 Å². The number of aryl methyl sites for hydroxylation is 1. The molecule has 1 heterocycles. The number of rotatable bonds is 4. The van der Waals surface area contributed by atoms with Crippen LogP contribution in [0.25, 0.3) is 0 Å². The molecule has 90 valence electrons. The Morgan fingerprint density at radius 1 is 1.38 bits per heavy atom. The molecule has 0 amide bonds. The normalized spacial score (nSPS) is 17.8. The number of nitrogens with zero attached hydrogens (tertiary/aromatic N) is 2. The highest BCUT2D eigenvalue weighted by Crippen LogP contribution is 2.29. The summed E-state index contributed by atoms with van der Waals surface area (Å²) < 4.78 is 2.07. The van der Waals surface area contributed by atoms with Crippen molar-refractivity contribution in [3.63, 3.8) is 0 Å². The molecule has 1 saturated carbocycles. The fraction of sp³-hybridized carbons (Fsp3) is 0.769. The van der Waals surface area contributed by atoms with E-state index in [0.29, 0.717) is 6.04 Å². The van der Waals surface area contributed by atoms with Gasteiger partial charge in [0.05, 0.1) is 11.7 Å². The Labute approximate surface area is 98.0 Å². The zero-order valence-corrected chi connectivity index (χ0v) is 10.3. The van der Waals surface area contributed by atoms with E-state index in [1.54, 1.807) is 0 Å². The van der Waals surface area contributed by atoms with Gasteiger partial charge >= 0.3 is 0 Å². The molecule has 3 nitrogen and oxygen atoms in total. The standard InChI is InChI=1S/C13H23N3/c1-2-3-7-11-10-13(14)16(15-11)12-8-5-4-6-9-12/h10,12H,2-9,14H2,1H3. The number of anilines is 1. The van der Waals surface area contributed by atoms with Crippen molar-refractivity contribution >= 4 is 5.82 Å². The van der Waals surface area contributed by atoms with Gasteiger partial charge in [-0.3, -0.25) is 0 Å². The molecule has 1 fully saturated rings. The molecule has 1 aromatic rings. The van der Waals surface area contributed by atoms with Gasteiger partial charge in [-0.25, -0.2) is 4.68 Å². The van der Waals surface area contributed by atoms with Crippen LogP contribution in [-0.4, -0.2) is 9.78 Å². The molecule has 0 bridgehead atoms. The van der Waals surface area contributed by atoms with E-state index < -0.39 is 0 Å². The van der Waals surface area contributed by atoms with Crippen molar-refractivity contribution < 1.29 is 0 Å². The first-order valence-electron chi connectivity index (χ1n) is 6.65. The molecule has 16 heavy (non-hydrogen) atoms. The SMILES string of the molecule is CCCCc1cc(N)n(C2CCCCC2)n1. The van der Waals surface area contributed by atoms with Gasteiger partial charge in [-0.1, -0.05) is 32.6 Å². The molecule has 1 aliphatic rings. The minimum atomic E-state index is 0.559. The highest BCUT2D eigenvalue weighted by Gasteiger charge is 2.18. The summed E-state index contributed by atoms with van der Waals surface area (Å²) in [6.07, 6.45) is 10.0. The summed E-state index contributed by atoms with van der Waals surface area (Å²) in [6.45, 7) is 2.21. The Hall–Kier alpha value is -0.990. The molecule has 0 spiro atoms. The number of hydrogen-bond donors (Lipinski definition) is 1. The number of nitrogens with two attached hydrogens (primary N) is 1. The van der Waals surface area contributed by atoms with Crippen LogP contribution in [0.5, 0.6) is 0 Å². The van der Waals surface area contributed by atoms with Crippen LogP contribution >= 0.6 is 0 Å². The van der Waals surface area contributed by atoms with Crippen LogP contribution in [0.3, 0.4) is 0 Å². The third-order valence-corrected chi connectivity index (χ3v) is 3.52. The van der Waals surface area contributed by atoms with E-state index in [2.05, 4.69) is 22.8 Å². The van der Waals surface area contributed by atoms with E-state index in [1.165, 1.54) is 50.6 Å². The Balaban J connectivity index is 2.04. The molecular weight excluding hydrogens is 198 g/mol. The van der Waals surface area contributed by atoms with Crippen molar-refractivity contribution in [3.8, 4) is 0 Å². The third-order valence-electron chi connectivity index (χ3n) is 3.52. The zero-order valence-electron chi connectivity index (χ0n) is 10.3. The monoisotopic (exact) mass is 221 g/mol. The van der Waals surface area contributed by atoms with Crippen molar-refractivity contribution in [1.29, 1.82) is 0 Å². The highest BCUT2D eigenvalue weighted by molar-refractivity contribution is 5.31. The van der Waals surface area contributed by atoms with Crippen molar-refractivity contribution in [2.75, 3.05) is 5.73 Å². The molecule has 0 unspecified atom stereocenters. The van der Waals surface area contributed by atoms with Crippen molar-refractivity contribution in [2.45, 2.75) is 64.3 Å². The second-order valence-electron chi connectivity index (χ2n) is 4.90. The average Bonchev–Trinajstić information content (AvgIpc) is 2.69. The first-order chi connectivity index (χ1) is 7.81. The summed E-state index contributed by atoms with van der Waals surface area (Å²) in [4.78, 5) is 0. The molecule has 0 aromatic carbocycles. The van der Waals surface area contributed by atoms with Crippen molar-refractivity contribution in [2.24, 2.45) is 0 Å². The Morgan fingerprint density at radius 3 is 2.81 bits per heavy atom. The Bertz CT molecular complexity index is 324. The summed E-state index contributed by atoms with van der Waals surface area (Å²) in [5.41, 5.74) is 7.22. The summed E-state index contributed by atoms with van der Waals surface area (Å²) in [7, 11) is 0. The van der Waals surface area contributed by atoms with Gasteiger partial charge in [0.1, 0.15) is 5.82 Å². The van der Waals surface area contributed by atoms with E-state index in [9.17, 15) is 0 Å². The molecule has 2 rings (SSSR count). The lowest BCUT2D eigenvalue weighted by Crippen LogP contribution is -2.16. The van der Waals surface area contributed by atoms with Crippen molar-refractivity contribution in [1.82, 2.24) is 9.78 Å². The second kappa shape index (κ2) is 5.37. The minimum Gasteiger partial charge on any atom is -0.384 e. The van der Waals surface area contributed by atoms with E-state index in [1.807, 2.05) is 0 Å². The van der Waals surface area contributed by atoms with Gasteiger partial charge in [0, 0.05) is 6.07 Å². The van der Waals surface area contributed by atoms with Crippen molar-refractivity contribution in [3.05, 3.63) is 11.8 Å². The fourth-order valence-corrected chi connectivity index (χ4v) is 2.56. The van der Waals surface area contributed by atoms with Gasteiger partial charge in [-0.2, -0.15) is 5.10 Å². The maximum absolute atomic E-state index is 6.04. The number of nitrogen functional groups attached to an aromatic ring is 1. The van der Waals surface area contributed by atoms with E-state index in [4.69, 9.17) is 5.73 Å². The van der Waals surface area contributed by atoms with Gasteiger partial charge in [0.25, 0.3) is 0 Å². The largest absolute Gasteiger partial charge is 0.384 e. The predicted octanol–water partition coefficient (Wildman–Crippen LogP) is 3.31. The number of aromatic nitrogens is 2. The first-order valence-corrected chi connectivity index (χ1v) is 6.65. The third kappa shape index (κ3) is 2.57. The molecule has 1 aromatic heterocycles. The topological polar surface area (TPSA) is 43.8 Å². The minimum absolute atomic E-state index is 0.559. The molecule has 0 saturated heterocycles. The van der Waals surface area contributed by atoms with Crippen LogP contribution in [0.1, 0.15) is 63.6 Å². The van der Waals surface area contributed by atoms with E-state index in [-0.39, 0.29) is 0 Å².